The smallest absolute Gasteiger partial charge is 0.224 e. The van der Waals surface area contributed by atoms with Gasteiger partial charge in [-0.2, -0.15) is 0 Å². The molecule has 1 aliphatic rings. The van der Waals surface area contributed by atoms with Crippen LogP contribution in [0, 0.1) is 5.92 Å². The van der Waals surface area contributed by atoms with Gasteiger partial charge in [-0.25, -0.2) is 0 Å². The van der Waals surface area contributed by atoms with Gasteiger partial charge in [0, 0.05) is 31.9 Å². The van der Waals surface area contributed by atoms with Crippen LogP contribution < -0.4 is 5.32 Å². The second-order valence-electron chi connectivity index (χ2n) is 6.10. The van der Waals surface area contributed by atoms with Crippen LogP contribution in [0.3, 0.4) is 0 Å². The highest BCUT2D eigenvalue weighted by Crippen LogP contribution is 2.19. The molecular formula is C17H26N2O2. The summed E-state index contributed by atoms with van der Waals surface area (Å²) in [5, 5.41) is 2.97. The highest BCUT2D eigenvalue weighted by Gasteiger charge is 2.15. The van der Waals surface area contributed by atoms with E-state index in [4.69, 9.17) is 4.74 Å². The van der Waals surface area contributed by atoms with E-state index in [2.05, 4.69) is 22.3 Å². The Balaban J connectivity index is 1.74. The van der Waals surface area contributed by atoms with E-state index in [9.17, 15) is 4.79 Å². The first-order valence-electron chi connectivity index (χ1n) is 7.75. The summed E-state index contributed by atoms with van der Waals surface area (Å²) in [4.78, 5) is 14.1. The Labute approximate surface area is 127 Å². The van der Waals surface area contributed by atoms with Crippen LogP contribution in [0.1, 0.15) is 31.2 Å². The summed E-state index contributed by atoms with van der Waals surface area (Å²) in [6.07, 6.45) is 3.81. The molecule has 1 atom stereocenters. The van der Waals surface area contributed by atoms with Gasteiger partial charge in [-0.05, 0) is 57.0 Å². The predicted octanol–water partition coefficient (Wildman–Crippen LogP) is 2.89. The van der Waals surface area contributed by atoms with E-state index in [1.165, 1.54) is 12.0 Å². The highest BCUT2D eigenvalue weighted by atomic mass is 16.5. The Hall–Kier alpha value is -1.39. The molecule has 0 radical (unpaired) electrons. The lowest BCUT2D eigenvalue weighted by molar-refractivity contribution is -0.116. The van der Waals surface area contributed by atoms with Crippen LogP contribution in [-0.4, -0.2) is 38.1 Å². The normalized spacial score (nSPS) is 18.7. The molecule has 1 aromatic carbocycles. The van der Waals surface area contributed by atoms with E-state index in [-0.39, 0.29) is 5.91 Å². The van der Waals surface area contributed by atoms with Gasteiger partial charge in [0.2, 0.25) is 5.91 Å². The third kappa shape index (κ3) is 5.86. The number of nitrogens with zero attached hydrogens (tertiary/aromatic N) is 1. The predicted molar refractivity (Wildman–Crippen MR) is 85.2 cm³/mol. The number of nitrogens with one attached hydrogen (secondary N) is 1. The van der Waals surface area contributed by atoms with E-state index < -0.39 is 0 Å². The average molecular weight is 290 g/mol. The number of rotatable bonds is 6. The summed E-state index contributed by atoms with van der Waals surface area (Å²) in [7, 11) is 4.09. The second kappa shape index (κ2) is 8.15. The maximum atomic E-state index is 12.0. The van der Waals surface area contributed by atoms with Crippen LogP contribution in [-0.2, 0) is 16.1 Å². The lowest BCUT2D eigenvalue weighted by Crippen LogP contribution is -2.20. The fourth-order valence-electron chi connectivity index (χ4n) is 2.65. The standard InChI is InChI=1S/C17H26N2O2/c1-19(2)12-14-5-8-16(9-6-14)18-17(20)10-7-15-4-3-11-21-13-15/h5-6,8-9,15H,3-4,7,10-13H2,1-2H3,(H,18,20)/t15-/m0/s1. The van der Waals surface area contributed by atoms with Gasteiger partial charge in [-0.15, -0.1) is 0 Å². The molecule has 0 aliphatic carbocycles. The molecule has 4 nitrogen and oxygen atoms in total. The molecule has 4 heteroatoms. The van der Waals surface area contributed by atoms with Gasteiger partial charge in [-0.1, -0.05) is 12.1 Å². The Bertz CT molecular complexity index is 437. The summed E-state index contributed by atoms with van der Waals surface area (Å²) >= 11 is 0. The zero-order chi connectivity index (χ0) is 15.1. The number of carbonyl (C=O) groups excluding carboxylic acids is 1. The van der Waals surface area contributed by atoms with Crippen molar-refractivity contribution in [2.75, 3.05) is 32.6 Å². The molecule has 1 heterocycles. The van der Waals surface area contributed by atoms with Crippen molar-refractivity contribution in [3.63, 3.8) is 0 Å². The van der Waals surface area contributed by atoms with E-state index in [1.54, 1.807) is 0 Å². The first kappa shape index (κ1) is 16.0. The summed E-state index contributed by atoms with van der Waals surface area (Å²) in [6, 6.07) is 8.07. The Kier molecular flexibility index (Phi) is 6.21. The number of carbonyl (C=O) groups is 1. The highest BCUT2D eigenvalue weighted by molar-refractivity contribution is 5.90. The quantitative estimate of drug-likeness (QED) is 0.876. The molecule has 1 N–H and O–H groups in total. The number of benzene rings is 1. The fourth-order valence-corrected chi connectivity index (χ4v) is 2.65. The van der Waals surface area contributed by atoms with E-state index in [0.717, 1.165) is 38.3 Å². The molecular weight excluding hydrogens is 264 g/mol. The zero-order valence-electron chi connectivity index (χ0n) is 13.1. The lowest BCUT2D eigenvalue weighted by atomic mass is 9.97. The monoisotopic (exact) mass is 290 g/mol. The summed E-state index contributed by atoms with van der Waals surface area (Å²) in [5.41, 5.74) is 2.12. The molecule has 1 amide bonds. The topological polar surface area (TPSA) is 41.6 Å². The number of hydrogen-bond acceptors (Lipinski definition) is 3. The molecule has 0 unspecified atom stereocenters. The number of anilines is 1. The van der Waals surface area contributed by atoms with Crippen molar-refractivity contribution in [3.8, 4) is 0 Å². The van der Waals surface area contributed by atoms with Gasteiger partial charge in [0.05, 0.1) is 0 Å². The van der Waals surface area contributed by atoms with Gasteiger partial charge in [-0.3, -0.25) is 4.79 Å². The molecule has 0 aromatic heterocycles. The SMILES string of the molecule is CN(C)Cc1ccc(NC(=O)CC[C@@H]2CCCOC2)cc1. The van der Waals surface area contributed by atoms with Gasteiger partial charge >= 0.3 is 0 Å². The maximum absolute atomic E-state index is 12.0. The summed E-state index contributed by atoms with van der Waals surface area (Å²) in [6.45, 7) is 2.60. The Morgan fingerprint density at radius 2 is 2.10 bits per heavy atom. The molecule has 1 saturated heterocycles. The Morgan fingerprint density at radius 3 is 2.71 bits per heavy atom. The Morgan fingerprint density at radius 1 is 1.33 bits per heavy atom. The van der Waals surface area contributed by atoms with Crippen molar-refractivity contribution < 1.29 is 9.53 Å². The van der Waals surface area contributed by atoms with Crippen LogP contribution in [0.15, 0.2) is 24.3 Å². The van der Waals surface area contributed by atoms with Gasteiger partial charge in [0.25, 0.3) is 0 Å². The van der Waals surface area contributed by atoms with E-state index >= 15 is 0 Å². The number of hydrogen-bond donors (Lipinski definition) is 1. The molecule has 1 aliphatic heterocycles. The molecule has 0 bridgehead atoms. The minimum atomic E-state index is 0.0981. The van der Waals surface area contributed by atoms with Crippen molar-refractivity contribution in [2.24, 2.45) is 5.92 Å². The summed E-state index contributed by atoms with van der Waals surface area (Å²) < 4.78 is 5.44. The fraction of sp³-hybridized carbons (Fsp3) is 0.588. The van der Waals surface area contributed by atoms with Crippen molar-refractivity contribution in [1.82, 2.24) is 4.90 Å². The molecule has 1 aromatic rings. The minimum Gasteiger partial charge on any atom is -0.381 e. The van der Waals surface area contributed by atoms with E-state index in [0.29, 0.717) is 12.3 Å². The minimum absolute atomic E-state index is 0.0981. The molecule has 0 spiro atoms. The lowest BCUT2D eigenvalue weighted by Gasteiger charge is -2.21. The first-order chi connectivity index (χ1) is 10.1. The molecule has 1 fully saturated rings. The second-order valence-corrected chi connectivity index (χ2v) is 6.10. The van der Waals surface area contributed by atoms with Crippen molar-refractivity contribution >= 4 is 11.6 Å². The van der Waals surface area contributed by atoms with E-state index in [1.807, 2.05) is 26.2 Å². The molecule has 2 rings (SSSR count). The molecule has 0 saturated carbocycles. The summed E-state index contributed by atoms with van der Waals surface area (Å²) in [5.74, 6) is 0.646. The number of ether oxygens (including phenoxy) is 1. The average Bonchev–Trinajstić information content (AvgIpc) is 2.48. The van der Waals surface area contributed by atoms with Crippen LogP contribution in [0.4, 0.5) is 5.69 Å². The maximum Gasteiger partial charge on any atom is 0.224 e. The van der Waals surface area contributed by atoms with Gasteiger partial charge in [0.15, 0.2) is 0 Å². The first-order valence-corrected chi connectivity index (χ1v) is 7.75. The van der Waals surface area contributed by atoms with Crippen LogP contribution in [0.2, 0.25) is 0 Å². The third-order valence-corrected chi connectivity index (χ3v) is 3.77. The zero-order valence-corrected chi connectivity index (χ0v) is 13.1. The van der Waals surface area contributed by atoms with Crippen LogP contribution in [0.5, 0.6) is 0 Å². The van der Waals surface area contributed by atoms with Gasteiger partial charge in [0.1, 0.15) is 0 Å². The van der Waals surface area contributed by atoms with Crippen LogP contribution in [0.25, 0.3) is 0 Å². The molecule has 116 valence electrons. The van der Waals surface area contributed by atoms with Gasteiger partial charge < -0.3 is 15.0 Å². The van der Waals surface area contributed by atoms with Crippen molar-refractivity contribution in [2.45, 2.75) is 32.2 Å². The number of amides is 1. The third-order valence-electron chi connectivity index (χ3n) is 3.77. The largest absolute Gasteiger partial charge is 0.381 e. The van der Waals surface area contributed by atoms with Crippen LogP contribution >= 0.6 is 0 Å². The molecule has 21 heavy (non-hydrogen) atoms. The van der Waals surface area contributed by atoms with Crippen molar-refractivity contribution in [1.29, 1.82) is 0 Å². The van der Waals surface area contributed by atoms with Crippen molar-refractivity contribution in [3.05, 3.63) is 29.8 Å².